The number of hydrogen-bond donors (Lipinski definition) is 1. The number of carbonyl (C=O) groups excluding carboxylic acids is 1. The van der Waals surface area contributed by atoms with E-state index in [2.05, 4.69) is 0 Å². The second kappa shape index (κ2) is 7.92. The minimum absolute atomic E-state index is 0.0756. The first-order valence-corrected chi connectivity index (χ1v) is 10.4. The van der Waals surface area contributed by atoms with E-state index < -0.39 is 15.8 Å². The Bertz CT molecular complexity index is 940. The molecule has 0 spiro atoms. The molecule has 142 valence electrons. The number of carboxylic acids is 1. The summed E-state index contributed by atoms with van der Waals surface area (Å²) in [4.78, 5) is 25.6. The van der Waals surface area contributed by atoms with Gasteiger partial charge in [0.05, 0.1) is 17.1 Å². The van der Waals surface area contributed by atoms with Crippen LogP contribution >= 0.6 is 0 Å². The Morgan fingerprint density at radius 2 is 1.81 bits per heavy atom. The molecule has 0 saturated carbocycles. The Morgan fingerprint density at radius 1 is 1.07 bits per heavy atom. The summed E-state index contributed by atoms with van der Waals surface area (Å²) in [7, 11) is -3.50. The van der Waals surface area contributed by atoms with Gasteiger partial charge in [0.25, 0.3) is 5.91 Å². The lowest BCUT2D eigenvalue weighted by atomic mass is 10.1. The van der Waals surface area contributed by atoms with Crippen molar-refractivity contribution < 1.29 is 23.1 Å². The summed E-state index contributed by atoms with van der Waals surface area (Å²) in [5.74, 6) is -1.38. The number of aliphatic carboxylic acids is 1. The van der Waals surface area contributed by atoms with E-state index in [1.54, 1.807) is 59.5 Å². The smallest absolute Gasteiger partial charge is 0.305 e. The largest absolute Gasteiger partial charge is 0.481 e. The Hall–Kier alpha value is -2.67. The summed E-state index contributed by atoms with van der Waals surface area (Å²) in [6.45, 7) is 0.517. The maximum Gasteiger partial charge on any atom is 0.305 e. The molecule has 0 aromatic heterocycles. The summed E-state index contributed by atoms with van der Waals surface area (Å²) in [6.07, 6.45) is 1.36. The Kier molecular flexibility index (Phi) is 5.60. The molecule has 1 heterocycles. The van der Waals surface area contributed by atoms with Gasteiger partial charge >= 0.3 is 5.97 Å². The molecule has 2 aromatic rings. The van der Waals surface area contributed by atoms with E-state index in [0.29, 0.717) is 24.1 Å². The molecule has 1 amide bonds. The lowest BCUT2D eigenvalue weighted by Crippen LogP contribution is -2.36. The number of rotatable bonds is 6. The summed E-state index contributed by atoms with van der Waals surface area (Å²) in [5, 5.41) is 9.02. The van der Waals surface area contributed by atoms with Crippen molar-refractivity contribution in [2.75, 3.05) is 6.54 Å². The molecule has 1 atom stereocenters. The van der Waals surface area contributed by atoms with E-state index in [1.165, 1.54) is 0 Å². The average molecular weight is 387 g/mol. The maximum absolute atomic E-state index is 12.8. The molecule has 1 aliphatic heterocycles. The van der Waals surface area contributed by atoms with Gasteiger partial charge in [-0.1, -0.05) is 30.3 Å². The number of likely N-dealkylation sites (tertiary alicyclic amines) is 1. The summed E-state index contributed by atoms with van der Waals surface area (Å²) >= 11 is 0. The molecule has 2 aromatic carbocycles. The molecule has 1 saturated heterocycles. The van der Waals surface area contributed by atoms with Crippen LogP contribution in [0.15, 0.2) is 59.5 Å². The first kappa shape index (κ1) is 19.1. The van der Waals surface area contributed by atoms with E-state index in [1.807, 2.05) is 0 Å². The van der Waals surface area contributed by atoms with Crippen molar-refractivity contribution in [3.8, 4) is 0 Å². The third kappa shape index (κ3) is 4.54. The highest BCUT2D eigenvalue weighted by Gasteiger charge is 2.31. The summed E-state index contributed by atoms with van der Waals surface area (Å²) in [5.41, 5.74) is 0.909. The van der Waals surface area contributed by atoms with E-state index in [-0.39, 0.29) is 29.0 Å². The predicted molar refractivity (Wildman–Crippen MR) is 100 cm³/mol. The van der Waals surface area contributed by atoms with Crippen molar-refractivity contribution in [1.82, 2.24) is 4.90 Å². The highest BCUT2D eigenvalue weighted by Crippen LogP contribution is 2.24. The standard InChI is InChI=1S/C20H21NO5S/c22-19(23)13-17-8-5-11-21(17)20(24)16-7-4-6-15(12-16)14-27(25,26)18-9-2-1-3-10-18/h1-4,6-7,9-10,12,17H,5,8,11,13-14H2,(H,22,23). The Labute approximate surface area is 158 Å². The lowest BCUT2D eigenvalue weighted by molar-refractivity contribution is -0.137. The van der Waals surface area contributed by atoms with Gasteiger partial charge in [0, 0.05) is 18.2 Å². The van der Waals surface area contributed by atoms with Crippen molar-refractivity contribution in [1.29, 1.82) is 0 Å². The number of nitrogens with zero attached hydrogens (tertiary/aromatic N) is 1. The Balaban J connectivity index is 1.79. The fourth-order valence-electron chi connectivity index (χ4n) is 3.41. The van der Waals surface area contributed by atoms with E-state index in [9.17, 15) is 18.0 Å². The molecule has 6 nitrogen and oxygen atoms in total. The molecule has 0 bridgehead atoms. The lowest BCUT2D eigenvalue weighted by Gasteiger charge is -2.23. The number of sulfone groups is 1. The van der Waals surface area contributed by atoms with Crippen LogP contribution in [0.1, 0.15) is 35.2 Å². The first-order valence-electron chi connectivity index (χ1n) is 8.76. The van der Waals surface area contributed by atoms with Gasteiger partial charge in [-0.05, 0) is 42.7 Å². The molecular formula is C20H21NO5S. The zero-order valence-corrected chi connectivity index (χ0v) is 15.6. The minimum atomic E-state index is -3.50. The number of carbonyl (C=O) groups is 2. The molecule has 3 rings (SSSR count). The second-order valence-electron chi connectivity index (χ2n) is 6.66. The molecule has 0 aliphatic carbocycles. The summed E-state index contributed by atoms with van der Waals surface area (Å²) in [6, 6.07) is 14.4. The monoisotopic (exact) mass is 387 g/mol. The number of carboxylic acid groups (broad SMARTS) is 1. The van der Waals surface area contributed by atoms with Gasteiger partial charge in [0.1, 0.15) is 0 Å². The van der Waals surface area contributed by atoms with Crippen LogP contribution in [0.4, 0.5) is 0 Å². The highest BCUT2D eigenvalue weighted by atomic mass is 32.2. The van der Waals surface area contributed by atoms with Gasteiger partial charge in [-0.2, -0.15) is 0 Å². The Morgan fingerprint density at radius 3 is 2.52 bits per heavy atom. The molecule has 1 unspecified atom stereocenters. The SMILES string of the molecule is O=C(O)CC1CCCN1C(=O)c1cccc(CS(=O)(=O)c2ccccc2)c1. The molecule has 1 fully saturated rings. The molecule has 27 heavy (non-hydrogen) atoms. The van der Waals surface area contributed by atoms with Crippen molar-refractivity contribution in [2.45, 2.75) is 36.0 Å². The average Bonchev–Trinajstić information content (AvgIpc) is 3.09. The first-order chi connectivity index (χ1) is 12.9. The van der Waals surface area contributed by atoms with Gasteiger partial charge in [0.2, 0.25) is 0 Å². The van der Waals surface area contributed by atoms with Gasteiger partial charge < -0.3 is 10.0 Å². The van der Waals surface area contributed by atoms with Crippen molar-refractivity contribution in [3.63, 3.8) is 0 Å². The highest BCUT2D eigenvalue weighted by molar-refractivity contribution is 7.90. The van der Waals surface area contributed by atoms with Gasteiger partial charge in [-0.15, -0.1) is 0 Å². The van der Waals surface area contributed by atoms with Crippen LogP contribution in [0.2, 0.25) is 0 Å². The minimum Gasteiger partial charge on any atom is -0.481 e. The van der Waals surface area contributed by atoms with Crippen LogP contribution in [-0.4, -0.2) is 42.9 Å². The molecule has 7 heteroatoms. The van der Waals surface area contributed by atoms with E-state index >= 15 is 0 Å². The van der Waals surface area contributed by atoms with Gasteiger partial charge in [-0.3, -0.25) is 9.59 Å². The third-order valence-corrected chi connectivity index (χ3v) is 6.38. The molecule has 1 aliphatic rings. The van der Waals surface area contributed by atoms with Crippen LogP contribution in [0.25, 0.3) is 0 Å². The number of amides is 1. The van der Waals surface area contributed by atoms with Crippen molar-refractivity contribution in [2.24, 2.45) is 0 Å². The second-order valence-corrected chi connectivity index (χ2v) is 8.65. The molecular weight excluding hydrogens is 366 g/mol. The van der Waals surface area contributed by atoms with E-state index in [4.69, 9.17) is 5.11 Å². The zero-order chi connectivity index (χ0) is 19.4. The van der Waals surface area contributed by atoms with Crippen LogP contribution in [0.5, 0.6) is 0 Å². The van der Waals surface area contributed by atoms with Crippen molar-refractivity contribution >= 4 is 21.7 Å². The van der Waals surface area contributed by atoms with Crippen molar-refractivity contribution in [3.05, 3.63) is 65.7 Å². The zero-order valence-electron chi connectivity index (χ0n) is 14.7. The summed E-state index contributed by atoms with van der Waals surface area (Å²) < 4.78 is 25.1. The normalized spacial score (nSPS) is 17.0. The molecule has 1 N–H and O–H groups in total. The van der Waals surface area contributed by atoms with E-state index in [0.717, 1.165) is 6.42 Å². The van der Waals surface area contributed by atoms with Crippen LogP contribution in [0, 0.1) is 0 Å². The van der Waals surface area contributed by atoms with Crippen LogP contribution in [-0.2, 0) is 20.4 Å². The quantitative estimate of drug-likeness (QED) is 0.823. The van der Waals surface area contributed by atoms with Gasteiger partial charge in [-0.25, -0.2) is 8.42 Å². The maximum atomic E-state index is 12.8. The van der Waals surface area contributed by atoms with Crippen LogP contribution in [0.3, 0.4) is 0 Å². The topological polar surface area (TPSA) is 91.8 Å². The number of benzene rings is 2. The molecule has 0 radical (unpaired) electrons. The fraction of sp³-hybridized carbons (Fsp3) is 0.300. The predicted octanol–water partition coefficient (Wildman–Crippen LogP) is 2.74. The van der Waals surface area contributed by atoms with Crippen LogP contribution < -0.4 is 0 Å². The fourth-order valence-corrected chi connectivity index (χ4v) is 4.76. The number of hydrogen-bond acceptors (Lipinski definition) is 4. The third-order valence-electron chi connectivity index (χ3n) is 4.68. The van der Waals surface area contributed by atoms with Gasteiger partial charge in [0.15, 0.2) is 9.84 Å².